The van der Waals surface area contributed by atoms with Gasteiger partial charge in [-0.3, -0.25) is 9.59 Å². The average Bonchev–Trinajstić information content (AvgIpc) is 2.74. The number of aromatic nitrogens is 2. The summed E-state index contributed by atoms with van der Waals surface area (Å²) in [4.78, 5) is 34.5. The monoisotopic (exact) mass is 427 g/mol. The Hall–Kier alpha value is -2.25. The molecule has 7 nitrogen and oxygen atoms in total. The Labute approximate surface area is 185 Å². The molecule has 0 spiro atoms. The van der Waals surface area contributed by atoms with Gasteiger partial charge in [0.05, 0.1) is 11.0 Å². The highest BCUT2D eigenvalue weighted by atomic mass is 16.1. The lowest BCUT2D eigenvalue weighted by Gasteiger charge is -2.34. The Kier molecular flexibility index (Phi) is 8.21. The minimum absolute atomic E-state index is 0.00823. The Balaban J connectivity index is 1.47. The van der Waals surface area contributed by atoms with E-state index in [-0.39, 0.29) is 11.5 Å². The number of amides is 1. The number of nitrogens with one attached hydrogen (secondary N) is 1. The van der Waals surface area contributed by atoms with Gasteiger partial charge in [0.2, 0.25) is 5.91 Å². The second kappa shape index (κ2) is 10.9. The number of hydrogen-bond donors (Lipinski definition) is 1. The van der Waals surface area contributed by atoms with Crippen LogP contribution in [0.5, 0.6) is 0 Å². The summed E-state index contributed by atoms with van der Waals surface area (Å²) < 4.78 is 1.69. The zero-order valence-electron chi connectivity index (χ0n) is 19.5. The molecule has 31 heavy (non-hydrogen) atoms. The van der Waals surface area contributed by atoms with Crippen molar-refractivity contribution in [1.82, 2.24) is 24.7 Å². The normalized spacial score (nSPS) is 15.5. The molecular formula is C24H37N5O2. The number of carbonyl (C=O) groups excluding carboxylic acids is 1. The van der Waals surface area contributed by atoms with Crippen LogP contribution in [0.4, 0.5) is 0 Å². The second-order valence-corrected chi connectivity index (χ2v) is 8.72. The number of hydrogen-bond acceptors (Lipinski definition) is 5. The lowest BCUT2D eigenvalue weighted by atomic mass is 10.1. The van der Waals surface area contributed by atoms with Crippen LogP contribution in [0.1, 0.15) is 43.0 Å². The van der Waals surface area contributed by atoms with Gasteiger partial charge >= 0.3 is 0 Å². The van der Waals surface area contributed by atoms with Gasteiger partial charge in [-0.05, 0) is 70.0 Å². The van der Waals surface area contributed by atoms with Gasteiger partial charge in [-0.25, -0.2) is 4.98 Å². The minimum Gasteiger partial charge on any atom is -0.356 e. The molecule has 0 aliphatic carbocycles. The van der Waals surface area contributed by atoms with Crippen molar-refractivity contribution in [3.63, 3.8) is 0 Å². The summed E-state index contributed by atoms with van der Waals surface area (Å²) in [6.07, 6.45) is 2.46. The van der Waals surface area contributed by atoms with E-state index in [4.69, 9.17) is 0 Å². The predicted molar refractivity (Wildman–Crippen MR) is 126 cm³/mol. The number of carbonyl (C=O) groups is 1. The summed E-state index contributed by atoms with van der Waals surface area (Å²) >= 11 is 0. The molecule has 1 amide bonds. The lowest BCUT2D eigenvalue weighted by Crippen LogP contribution is -2.47. The molecular weight excluding hydrogens is 390 g/mol. The molecule has 0 bridgehead atoms. The summed E-state index contributed by atoms with van der Waals surface area (Å²) in [5.74, 6) is -0.00823. The van der Waals surface area contributed by atoms with Crippen molar-refractivity contribution in [3.8, 4) is 0 Å². The van der Waals surface area contributed by atoms with Crippen LogP contribution < -0.4 is 10.9 Å². The van der Waals surface area contributed by atoms with Crippen LogP contribution in [-0.4, -0.2) is 71.1 Å². The molecule has 1 aliphatic heterocycles. The maximum absolute atomic E-state index is 12.7. The van der Waals surface area contributed by atoms with Crippen molar-refractivity contribution in [1.29, 1.82) is 0 Å². The fourth-order valence-corrected chi connectivity index (χ4v) is 4.23. The fraction of sp³-hybridized carbons (Fsp3) is 0.625. The maximum Gasteiger partial charge on any atom is 0.272 e. The van der Waals surface area contributed by atoms with Gasteiger partial charge < -0.3 is 19.7 Å². The third kappa shape index (κ3) is 6.14. The highest BCUT2D eigenvalue weighted by Gasteiger charge is 2.15. The van der Waals surface area contributed by atoms with Crippen LogP contribution in [0.2, 0.25) is 0 Å². The highest BCUT2D eigenvalue weighted by Crippen LogP contribution is 2.17. The molecule has 1 aromatic carbocycles. The number of piperazine rings is 1. The van der Waals surface area contributed by atoms with Crippen molar-refractivity contribution in [3.05, 3.63) is 39.3 Å². The maximum atomic E-state index is 12.7. The largest absolute Gasteiger partial charge is 0.356 e. The van der Waals surface area contributed by atoms with Crippen LogP contribution in [0.15, 0.2) is 16.9 Å². The molecule has 1 aromatic heterocycles. The lowest BCUT2D eigenvalue weighted by molar-refractivity contribution is -0.121. The number of aryl methyl sites for hydroxylation is 4. The van der Waals surface area contributed by atoms with Crippen LogP contribution >= 0.6 is 0 Å². The van der Waals surface area contributed by atoms with Gasteiger partial charge in [-0.15, -0.1) is 0 Å². The van der Waals surface area contributed by atoms with Crippen LogP contribution in [0.25, 0.3) is 11.0 Å². The molecule has 0 radical (unpaired) electrons. The molecule has 2 aromatic rings. The molecule has 0 unspecified atom stereocenters. The van der Waals surface area contributed by atoms with Gasteiger partial charge in [-0.1, -0.05) is 6.92 Å². The summed E-state index contributed by atoms with van der Waals surface area (Å²) in [6, 6.07) is 4.01. The summed E-state index contributed by atoms with van der Waals surface area (Å²) in [5.41, 5.74) is 4.22. The van der Waals surface area contributed by atoms with Crippen LogP contribution in [0, 0.1) is 20.8 Å². The molecule has 7 heteroatoms. The third-order valence-electron chi connectivity index (χ3n) is 6.27. The Morgan fingerprint density at radius 1 is 1.00 bits per heavy atom. The molecule has 1 saturated heterocycles. The smallest absolute Gasteiger partial charge is 0.272 e. The van der Waals surface area contributed by atoms with Gasteiger partial charge in [0, 0.05) is 45.7 Å². The zero-order valence-corrected chi connectivity index (χ0v) is 19.5. The van der Waals surface area contributed by atoms with E-state index in [1.165, 1.54) is 13.0 Å². The van der Waals surface area contributed by atoms with E-state index < -0.39 is 0 Å². The molecule has 1 aliphatic rings. The second-order valence-electron chi connectivity index (χ2n) is 8.72. The van der Waals surface area contributed by atoms with Crippen molar-refractivity contribution in [2.75, 3.05) is 45.8 Å². The van der Waals surface area contributed by atoms with E-state index in [0.717, 1.165) is 61.3 Å². The highest BCUT2D eigenvalue weighted by molar-refractivity contribution is 5.78. The molecule has 3 rings (SSSR count). The molecule has 2 heterocycles. The predicted octanol–water partition coefficient (Wildman–Crippen LogP) is 2.25. The summed E-state index contributed by atoms with van der Waals surface area (Å²) in [6.45, 7) is 15.8. The molecule has 1 fully saturated rings. The SMILES string of the molecule is CCCN1CCN(CCCNC(=O)CCn2c(=O)c(C)nc3cc(C)c(C)cc32)CC1. The molecule has 0 atom stereocenters. The minimum atomic E-state index is -0.120. The van der Waals surface area contributed by atoms with E-state index in [1.54, 1.807) is 11.5 Å². The molecule has 170 valence electrons. The third-order valence-corrected chi connectivity index (χ3v) is 6.27. The molecule has 1 N–H and O–H groups in total. The van der Waals surface area contributed by atoms with Crippen molar-refractivity contribution >= 4 is 16.9 Å². The molecule has 0 saturated carbocycles. The zero-order chi connectivity index (χ0) is 22.4. The van der Waals surface area contributed by atoms with E-state index >= 15 is 0 Å². The van der Waals surface area contributed by atoms with E-state index in [1.807, 2.05) is 26.0 Å². The van der Waals surface area contributed by atoms with Gasteiger partial charge in [0.25, 0.3) is 5.56 Å². The summed E-state index contributed by atoms with van der Waals surface area (Å²) in [5, 5.41) is 3.02. The van der Waals surface area contributed by atoms with Crippen LogP contribution in [-0.2, 0) is 11.3 Å². The average molecular weight is 428 g/mol. The van der Waals surface area contributed by atoms with Crippen molar-refractivity contribution in [2.45, 2.75) is 53.5 Å². The van der Waals surface area contributed by atoms with E-state index in [0.29, 0.717) is 25.2 Å². The van der Waals surface area contributed by atoms with E-state index in [2.05, 4.69) is 27.0 Å². The first kappa shape index (κ1) is 23.4. The number of nitrogens with zero attached hydrogens (tertiary/aromatic N) is 4. The Morgan fingerprint density at radius 3 is 2.32 bits per heavy atom. The number of rotatable bonds is 9. The standard InChI is InChI=1S/C24H37N5O2/c1-5-9-27-12-14-28(15-13-27)10-6-8-25-23(30)7-11-29-22-17-19(3)18(2)16-21(22)26-20(4)24(29)31/h16-17H,5-15H2,1-4H3,(H,25,30). The van der Waals surface area contributed by atoms with E-state index in [9.17, 15) is 9.59 Å². The first-order chi connectivity index (χ1) is 14.9. The fourth-order valence-electron chi connectivity index (χ4n) is 4.23. The first-order valence-electron chi connectivity index (χ1n) is 11.6. The van der Waals surface area contributed by atoms with Gasteiger partial charge in [0.1, 0.15) is 5.69 Å². The quantitative estimate of drug-likeness (QED) is 0.622. The number of fused-ring (bicyclic) bond motifs is 1. The van der Waals surface area contributed by atoms with Crippen molar-refractivity contribution in [2.24, 2.45) is 0 Å². The van der Waals surface area contributed by atoms with Crippen LogP contribution in [0.3, 0.4) is 0 Å². The first-order valence-corrected chi connectivity index (χ1v) is 11.6. The summed E-state index contributed by atoms with van der Waals surface area (Å²) in [7, 11) is 0. The van der Waals surface area contributed by atoms with Gasteiger partial charge in [-0.2, -0.15) is 0 Å². The number of benzene rings is 1. The topological polar surface area (TPSA) is 70.5 Å². The Bertz CT molecular complexity index is 961. The Morgan fingerprint density at radius 2 is 1.65 bits per heavy atom. The van der Waals surface area contributed by atoms with Crippen molar-refractivity contribution < 1.29 is 4.79 Å². The van der Waals surface area contributed by atoms with Gasteiger partial charge in [0.15, 0.2) is 0 Å².